The number of imidazole rings is 1. The molecule has 4 rings (SSSR count). The van der Waals surface area contributed by atoms with Gasteiger partial charge in [0.05, 0.1) is 17.6 Å². The van der Waals surface area contributed by atoms with Crippen LogP contribution in [0.5, 0.6) is 0 Å². The molecule has 1 aliphatic rings. The van der Waals surface area contributed by atoms with Gasteiger partial charge < -0.3 is 10.6 Å². The fraction of sp³-hybridized carbons (Fsp3) is 0.400. The summed E-state index contributed by atoms with van der Waals surface area (Å²) in [5.74, 6) is 1.23. The highest BCUT2D eigenvalue weighted by atomic mass is 32.1. The molecule has 1 fully saturated rings. The van der Waals surface area contributed by atoms with Gasteiger partial charge in [-0.05, 0) is 37.5 Å². The number of fused-ring (bicyclic) bond motifs is 1. The summed E-state index contributed by atoms with van der Waals surface area (Å²) in [5.41, 5.74) is 3.93. The van der Waals surface area contributed by atoms with E-state index >= 15 is 0 Å². The van der Waals surface area contributed by atoms with Crippen LogP contribution in [0.15, 0.2) is 35.7 Å². The third-order valence-electron chi connectivity index (χ3n) is 4.55. The summed E-state index contributed by atoms with van der Waals surface area (Å²) in [7, 11) is 1.77. The lowest BCUT2D eigenvalue weighted by Crippen LogP contribution is -2.07. The van der Waals surface area contributed by atoms with E-state index < -0.39 is 0 Å². The van der Waals surface area contributed by atoms with Crippen molar-refractivity contribution in [3.05, 3.63) is 42.1 Å². The maximum Gasteiger partial charge on any atom is 0.180 e. The van der Waals surface area contributed by atoms with Crippen LogP contribution in [0.3, 0.4) is 0 Å². The average molecular weight is 398 g/mol. The molecular formula is C20H27N7S. The number of allylic oxidation sites excluding steroid dienone is 2. The second kappa shape index (κ2) is 9.57. The number of rotatable bonds is 5. The molecule has 28 heavy (non-hydrogen) atoms. The van der Waals surface area contributed by atoms with Gasteiger partial charge >= 0.3 is 0 Å². The first-order chi connectivity index (χ1) is 13.8. The van der Waals surface area contributed by atoms with Crippen LogP contribution in [-0.4, -0.2) is 45.1 Å². The number of nitrogens with one attached hydrogen (secondary N) is 2. The van der Waals surface area contributed by atoms with Crippen LogP contribution in [0.2, 0.25) is 0 Å². The molecular weight excluding hydrogens is 370 g/mol. The van der Waals surface area contributed by atoms with Gasteiger partial charge in [0.25, 0.3) is 0 Å². The number of hydrogen-bond donors (Lipinski definition) is 2. The quantitative estimate of drug-likeness (QED) is 0.633. The molecule has 0 aliphatic carbocycles. The molecule has 1 aliphatic heterocycles. The van der Waals surface area contributed by atoms with Crippen LogP contribution in [-0.2, 0) is 0 Å². The summed E-state index contributed by atoms with van der Waals surface area (Å²) < 4.78 is 6.63. The minimum atomic E-state index is 0.508. The zero-order valence-electron chi connectivity index (χ0n) is 16.8. The largest absolute Gasteiger partial charge is 0.328 e. The Labute approximate surface area is 169 Å². The highest BCUT2D eigenvalue weighted by Crippen LogP contribution is 2.29. The van der Waals surface area contributed by atoms with E-state index in [0.717, 1.165) is 52.9 Å². The first-order valence-electron chi connectivity index (χ1n) is 9.65. The molecule has 0 radical (unpaired) electrons. The number of aromatic nitrogens is 4. The fourth-order valence-corrected chi connectivity index (χ4v) is 3.93. The highest BCUT2D eigenvalue weighted by molar-refractivity contribution is 7.10. The summed E-state index contributed by atoms with van der Waals surface area (Å²) in [5, 5.41) is 7.75. The molecule has 7 nitrogen and oxygen atoms in total. The maximum atomic E-state index is 4.60. The van der Waals surface area contributed by atoms with Crippen molar-refractivity contribution >= 4 is 39.8 Å². The minimum Gasteiger partial charge on any atom is -0.328 e. The minimum absolute atomic E-state index is 0.508. The monoisotopic (exact) mass is 397 g/mol. The number of hydrogen-bond acceptors (Lipinski definition) is 7. The van der Waals surface area contributed by atoms with E-state index in [1.807, 2.05) is 49.9 Å². The number of nitrogens with zero attached hydrogens (tertiary/aromatic N) is 5. The predicted octanol–water partition coefficient (Wildman–Crippen LogP) is 4.14. The van der Waals surface area contributed by atoms with Gasteiger partial charge in [-0.2, -0.15) is 4.37 Å². The Morgan fingerprint density at radius 3 is 2.96 bits per heavy atom. The van der Waals surface area contributed by atoms with Crippen molar-refractivity contribution < 1.29 is 0 Å². The first kappa shape index (κ1) is 20.2. The van der Waals surface area contributed by atoms with Crippen LogP contribution in [0.4, 0.5) is 10.8 Å². The Kier molecular flexibility index (Phi) is 6.89. The summed E-state index contributed by atoms with van der Waals surface area (Å²) in [6, 6.07) is 2.12. The van der Waals surface area contributed by atoms with E-state index in [9.17, 15) is 0 Å². The maximum absolute atomic E-state index is 4.60. The Balaban J connectivity index is 0.00000109. The van der Waals surface area contributed by atoms with Gasteiger partial charge in [-0.25, -0.2) is 9.97 Å². The molecule has 0 saturated carbocycles. The van der Waals surface area contributed by atoms with E-state index in [2.05, 4.69) is 36.0 Å². The normalized spacial score (nSPS) is 17.1. The van der Waals surface area contributed by atoms with E-state index in [0.29, 0.717) is 5.92 Å². The first-order valence-corrected chi connectivity index (χ1v) is 10.4. The molecule has 148 valence electrons. The Bertz CT molecular complexity index is 964. The second-order valence-electron chi connectivity index (χ2n) is 6.17. The van der Waals surface area contributed by atoms with Crippen molar-refractivity contribution in [1.29, 1.82) is 0 Å². The van der Waals surface area contributed by atoms with Gasteiger partial charge in [-0.1, -0.05) is 19.9 Å². The van der Waals surface area contributed by atoms with E-state index in [1.54, 1.807) is 13.2 Å². The Morgan fingerprint density at radius 2 is 2.25 bits per heavy atom. The van der Waals surface area contributed by atoms with E-state index in [1.165, 1.54) is 11.5 Å². The summed E-state index contributed by atoms with van der Waals surface area (Å²) in [4.78, 5) is 13.2. The smallest absolute Gasteiger partial charge is 0.180 e. The SMILES string of the molecule is C/C=C(\C=NC)c1cnc2c(Nc3cc(C4CCNC4)ns3)nccn12.CC. The standard InChI is InChI=1S/C18H21N7S.C2H6/c1-3-12(9-19-2)15-11-22-18-17(21-6-7-25(15)18)23-16-8-14(24-26-16)13-4-5-20-10-13;1-2/h3,6-9,11,13,20H,4-5,10H2,1-2H3,(H,21,23);1-2H3/b12-3+,19-9?;. The van der Waals surface area contributed by atoms with Gasteiger partial charge in [-0.15, -0.1) is 0 Å². The van der Waals surface area contributed by atoms with Gasteiger partial charge in [0.15, 0.2) is 11.5 Å². The van der Waals surface area contributed by atoms with Crippen molar-refractivity contribution in [3.8, 4) is 0 Å². The van der Waals surface area contributed by atoms with Crippen molar-refractivity contribution in [1.82, 2.24) is 24.1 Å². The van der Waals surface area contributed by atoms with Crippen molar-refractivity contribution in [3.63, 3.8) is 0 Å². The lowest BCUT2D eigenvalue weighted by Gasteiger charge is -2.06. The number of aliphatic imine (C=N–C) groups is 1. The van der Waals surface area contributed by atoms with Crippen LogP contribution in [0.25, 0.3) is 11.2 Å². The zero-order chi connectivity index (χ0) is 19.9. The lowest BCUT2D eigenvalue weighted by molar-refractivity contribution is 0.746. The highest BCUT2D eigenvalue weighted by Gasteiger charge is 2.20. The molecule has 3 aromatic heterocycles. The molecule has 0 spiro atoms. The lowest BCUT2D eigenvalue weighted by atomic mass is 10.1. The summed E-state index contributed by atoms with van der Waals surface area (Å²) in [6.07, 6.45) is 10.5. The van der Waals surface area contributed by atoms with Crippen LogP contribution in [0.1, 0.15) is 44.5 Å². The van der Waals surface area contributed by atoms with Crippen LogP contribution in [0, 0.1) is 0 Å². The zero-order valence-corrected chi connectivity index (χ0v) is 17.6. The molecule has 0 bridgehead atoms. The molecule has 8 heteroatoms. The third-order valence-corrected chi connectivity index (χ3v) is 5.27. The van der Waals surface area contributed by atoms with Crippen molar-refractivity contribution in [2.45, 2.75) is 33.1 Å². The summed E-state index contributed by atoms with van der Waals surface area (Å²) in [6.45, 7) is 8.07. The van der Waals surface area contributed by atoms with Gasteiger partial charge in [0.2, 0.25) is 0 Å². The molecule has 4 heterocycles. The molecule has 0 amide bonds. The van der Waals surface area contributed by atoms with Crippen molar-refractivity contribution in [2.24, 2.45) is 4.99 Å². The molecule has 3 aromatic rings. The van der Waals surface area contributed by atoms with Gasteiger partial charge in [0.1, 0.15) is 5.00 Å². The predicted molar refractivity (Wildman–Crippen MR) is 118 cm³/mol. The average Bonchev–Trinajstić information content (AvgIpc) is 3.48. The van der Waals surface area contributed by atoms with Gasteiger partial charge in [0, 0.05) is 43.7 Å². The molecule has 0 aromatic carbocycles. The van der Waals surface area contributed by atoms with E-state index in [-0.39, 0.29) is 0 Å². The number of anilines is 2. The third kappa shape index (κ3) is 4.13. The second-order valence-corrected chi connectivity index (χ2v) is 6.98. The Hall–Kier alpha value is -2.58. The molecule has 2 N–H and O–H groups in total. The van der Waals surface area contributed by atoms with Gasteiger partial charge in [-0.3, -0.25) is 9.39 Å². The van der Waals surface area contributed by atoms with Crippen LogP contribution >= 0.6 is 11.5 Å². The van der Waals surface area contributed by atoms with Crippen molar-refractivity contribution in [2.75, 3.05) is 25.5 Å². The summed E-state index contributed by atoms with van der Waals surface area (Å²) >= 11 is 1.47. The fourth-order valence-electron chi connectivity index (χ4n) is 3.21. The molecule has 1 atom stereocenters. The van der Waals surface area contributed by atoms with E-state index in [4.69, 9.17) is 0 Å². The Morgan fingerprint density at radius 1 is 1.39 bits per heavy atom. The molecule has 1 saturated heterocycles. The molecule has 1 unspecified atom stereocenters. The van der Waals surface area contributed by atoms with Crippen LogP contribution < -0.4 is 10.6 Å². The topological polar surface area (TPSA) is 79.5 Å².